The number of hydrogen-bond donors (Lipinski definition) is 1. The third kappa shape index (κ3) is 3.13. The molecule has 0 amide bonds. The lowest BCUT2D eigenvalue weighted by Crippen LogP contribution is -1.98. The van der Waals surface area contributed by atoms with Gasteiger partial charge in [0.05, 0.1) is 0 Å². The zero-order chi connectivity index (χ0) is 18.2. The van der Waals surface area contributed by atoms with E-state index in [9.17, 15) is 0 Å². The van der Waals surface area contributed by atoms with Crippen LogP contribution in [0.15, 0.2) is 105 Å². The normalized spacial score (nSPS) is 17.0. The Labute approximate surface area is 171 Å². The summed E-state index contributed by atoms with van der Waals surface area (Å²) >= 11 is 3.60. The summed E-state index contributed by atoms with van der Waals surface area (Å²) in [6.07, 6.45) is 4.63. The lowest BCUT2D eigenvalue weighted by molar-refractivity contribution is 1.37. The quantitative estimate of drug-likeness (QED) is 0.309. The predicted octanol–water partition coefficient (Wildman–Crippen LogP) is 7.72. The van der Waals surface area contributed by atoms with E-state index in [2.05, 4.69) is 113 Å². The molecule has 1 unspecified atom stereocenters. The first kappa shape index (κ1) is 16.9. The molecule has 2 heteroatoms. The first-order valence-electron chi connectivity index (χ1n) is 9.11. The third-order valence-electron chi connectivity index (χ3n) is 5.10. The monoisotopic (exact) mass is 430 g/mol. The van der Waals surface area contributed by atoms with Crippen molar-refractivity contribution < 1.29 is 0 Å². The Morgan fingerprint density at radius 2 is 1.56 bits per heavy atom. The molecule has 1 atom stereocenters. The van der Waals surface area contributed by atoms with Crippen molar-refractivity contribution in [1.82, 2.24) is 0 Å². The summed E-state index contributed by atoms with van der Waals surface area (Å²) in [5, 5.41) is 2.74. The first-order valence-corrected chi connectivity index (χ1v) is 11.4. The Hall–Kier alpha value is -2.29. The van der Waals surface area contributed by atoms with Crippen molar-refractivity contribution in [3.05, 3.63) is 101 Å². The number of benzene rings is 4. The minimum absolute atomic E-state index is 0.395. The summed E-state index contributed by atoms with van der Waals surface area (Å²) in [6, 6.07) is 31.0. The van der Waals surface area contributed by atoms with E-state index in [0.29, 0.717) is 0 Å². The van der Waals surface area contributed by atoms with Gasteiger partial charge in [-0.1, -0.05) is 88.7 Å². The van der Waals surface area contributed by atoms with Crippen LogP contribution in [-0.4, -0.2) is 5.75 Å². The van der Waals surface area contributed by atoms with Crippen molar-refractivity contribution in [2.45, 2.75) is 9.79 Å². The minimum atomic E-state index is -0.395. The number of rotatable bonds is 2. The van der Waals surface area contributed by atoms with Gasteiger partial charge in [-0.25, -0.2) is 0 Å². The molecule has 0 aliphatic carbocycles. The fourth-order valence-electron chi connectivity index (χ4n) is 3.84. The zero-order valence-electron chi connectivity index (χ0n) is 14.8. The molecule has 0 bridgehead atoms. The van der Waals surface area contributed by atoms with Crippen LogP contribution in [0.1, 0.15) is 5.56 Å². The molecule has 0 spiro atoms. The maximum atomic E-state index is 3.60. The molecule has 0 aromatic heterocycles. The molecule has 0 N–H and O–H groups in total. The van der Waals surface area contributed by atoms with Crippen molar-refractivity contribution in [3.8, 4) is 11.1 Å². The van der Waals surface area contributed by atoms with Crippen LogP contribution in [0.5, 0.6) is 0 Å². The molecule has 1 aliphatic rings. The van der Waals surface area contributed by atoms with Gasteiger partial charge in [-0.05, 0) is 56.6 Å². The molecule has 27 heavy (non-hydrogen) atoms. The maximum Gasteiger partial charge on any atom is 0.0181 e. The van der Waals surface area contributed by atoms with E-state index in [0.717, 1.165) is 10.2 Å². The Kier molecular flexibility index (Phi) is 4.39. The Morgan fingerprint density at radius 1 is 0.741 bits per heavy atom. The van der Waals surface area contributed by atoms with Gasteiger partial charge in [0.2, 0.25) is 0 Å². The van der Waals surface area contributed by atoms with Gasteiger partial charge in [-0.3, -0.25) is 0 Å². The van der Waals surface area contributed by atoms with Gasteiger partial charge in [0.15, 0.2) is 0 Å². The van der Waals surface area contributed by atoms with Crippen LogP contribution >= 0.6 is 26.8 Å². The van der Waals surface area contributed by atoms with Crippen molar-refractivity contribution in [1.29, 1.82) is 0 Å². The van der Waals surface area contributed by atoms with Gasteiger partial charge >= 0.3 is 0 Å². The van der Waals surface area contributed by atoms with Crippen molar-refractivity contribution in [2.75, 3.05) is 5.75 Å². The van der Waals surface area contributed by atoms with E-state index in [1.165, 1.54) is 37.3 Å². The average molecular weight is 431 g/mol. The highest BCUT2D eigenvalue weighted by atomic mass is 79.9. The van der Waals surface area contributed by atoms with Crippen LogP contribution in [0.25, 0.3) is 28.0 Å². The Morgan fingerprint density at radius 3 is 2.44 bits per heavy atom. The van der Waals surface area contributed by atoms with Crippen LogP contribution in [0.2, 0.25) is 0 Å². The third-order valence-corrected chi connectivity index (χ3v) is 8.11. The van der Waals surface area contributed by atoms with Crippen LogP contribution in [0.4, 0.5) is 0 Å². The highest BCUT2D eigenvalue weighted by Crippen LogP contribution is 2.52. The van der Waals surface area contributed by atoms with Crippen molar-refractivity contribution >= 4 is 43.7 Å². The predicted molar refractivity (Wildman–Crippen MR) is 123 cm³/mol. The van der Waals surface area contributed by atoms with E-state index in [-0.39, 0.29) is 0 Å². The molecule has 0 fully saturated rings. The summed E-state index contributed by atoms with van der Waals surface area (Å²) in [5.41, 5.74) is 3.92. The lowest BCUT2D eigenvalue weighted by atomic mass is 10.1. The van der Waals surface area contributed by atoms with Crippen LogP contribution in [0.3, 0.4) is 0 Å². The zero-order valence-corrected chi connectivity index (χ0v) is 17.3. The molecule has 1 heterocycles. The molecule has 0 saturated carbocycles. The second-order valence-corrected chi connectivity index (χ2v) is 9.90. The SMILES string of the molecule is Brc1cccc(-c2cccc([SH]3CC=Cc4ccc5ccccc5c43)c2)c1. The smallest absolute Gasteiger partial charge is 0.0181 e. The van der Waals surface area contributed by atoms with Gasteiger partial charge in [0.1, 0.15) is 0 Å². The van der Waals surface area contributed by atoms with Gasteiger partial charge in [-0.15, -0.1) is 0 Å². The summed E-state index contributed by atoms with van der Waals surface area (Å²) in [4.78, 5) is 2.97. The summed E-state index contributed by atoms with van der Waals surface area (Å²) in [7, 11) is -0.395. The second-order valence-electron chi connectivity index (χ2n) is 6.80. The molecular formula is C25H19BrS. The van der Waals surface area contributed by atoms with E-state index < -0.39 is 10.9 Å². The molecule has 132 valence electrons. The first-order chi connectivity index (χ1) is 13.3. The number of hydrogen-bond acceptors (Lipinski definition) is 0. The van der Waals surface area contributed by atoms with Gasteiger partial charge in [-0.2, -0.15) is 10.9 Å². The van der Waals surface area contributed by atoms with E-state index >= 15 is 0 Å². The molecule has 0 nitrogen and oxygen atoms in total. The largest absolute Gasteiger partial charge is 0.195 e. The Balaban J connectivity index is 1.66. The summed E-state index contributed by atoms with van der Waals surface area (Å²) in [5.74, 6) is 1.11. The molecule has 5 rings (SSSR count). The highest BCUT2D eigenvalue weighted by molar-refractivity contribution is 9.10. The lowest BCUT2D eigenvalue weighted by Gasteiger charge is -2.28. The fourth-order valence-corrected chi connectivity index (χ4v) is 6.72. The van der Waals surface area contributed by atoms with Gasteiger partial charge in [0.25, 0.3) is 0 Å². The van der Waals surface area contributed by atoms with Crippen LogP contribution in [-0.2, 0) is 0 Å². The molecule has 1 aliphatic heterocycles. The van der Waals surface area contributed by atoms with Gasteiger partial charge in [0, 0.05) is 15.1 Å². The minimum Gasteiger partial charge on any atom is -0.195 e. The topological polar surface area (TPSA) is 0 Å². The molecule has 0 saturated heterocycles. The maximum absolute atomic E-state index is 3.60. The molecule has 0 radical (unpaired) electrons. The van der Waals surface area contributed by atoms with E-state index in [1.54, 1.807) is 0 Å². The van der Waals surface area contributed by atoms with Crippen molar-refractivity contribution in [2.24, 2.45) is 0 Å². The number of thiol groups is 1. The number of halogens is 1. The number of fused-ring (bicyclic) bond motifs is 3. The van der Waals surface area contributed by atoms with Crippen LogP contribution in [0, 0.1) is 0 Å². The fraction of sp³-hybridized carbons (Fsp3) is 0.0400. The molecular weight excluding hydrogens is 412 g/mol. The molecule has 4 aromatic rings. The summed E-state index contributed by atoms with van der Waals surface area (Å²) in [6.45, 7) is 0. The summed E-state index contributed by atoms with van der Waals surface area (Å²) < 4.78 is 1.12. The standard InChI is InChI=1S/C25H19BrS/c26-22-10-3-7-20(16-22)21-8-4-11-23(17-21)27-15-5-9-19-14-13-18-6-1-2-12-24(18)25(19)27/h1-14,16-17,27H,15H2. The van der Waals surface area contributed by atoms with Gasteiger partial charge < -0.3 is 0 Å². The average Bonchev–Trinajstić information content (AvgIpc) is 2.73. The van der Waals surface area contributed by atoms with E-state index in [4.69, 9.17) is 0 Å². The van der Waals surface area contributed by atoms with Crippen LogP contribution < -0.4 is 0 Å². The Bertz CT molecular complexity index is 1180. The highest BCUT2D eigenvalue weighted by Gasteiger charge is 2.18. The van der Waals surface area contributed by atoms with Crippen molar-refractivity contribution in [3.63, 3.8) is 0 Å². The second kappa shape index (κ2) is 7.03. The van der Waals surface area contributed by atoms with E-state index in [1.807, 2.05) is 0 Å². The molecule has 4 aromatic carbocycles.